The largest absolute Gasteiger partial charge is 0.442 e. The average Bonchev–Trinajstić information content (AvgIpc) is 2.79. The van der Waals surface area contributed by atoms with Crippen LogP contribution < -0.4 is 16.4 Å². The third-order valence-corrected chi connectivity index (χ3v) is 4.96. The van der Waals surface area contributed by atoms with E-state index in [9.17, 15) is 14.0 Å². The van der Waals surface area contributed by atoms with Gasteiger partial charge in [-0.1, -0.05) is 31.2 Å². The van der Waals surface area contributed by atoms with Crippen molar-refractivity contribution in [1.82, 2.24) is 10.3 Å². The standard InChI is InChI=1S/C24H25FN4O3/c1-3-21(18-12-19(25)14-27-13-18)29-24(31)32-15(2)16-8-10-17(11-9-16)23(30)28-22-7-5-4-6-20(22)26/h4-15,21H,3,26H2,1-2H3,(H,28,30)(H,29,31)/t15-,21-/m0/s1. The van der Waals surface area contributed by atoms with Crippen molar-refractivity contribution in [1.29, 1.82) is 0 Å². The number of carbonyl (C=O) groups is 2. The molecule has 0 fully saturated rings. The van der Waals surface area contributed by atoms with Crippen molar-refractivity contribution < 1.29 is 18.7 Å². The van der Waals surface area contributed by atoms with E-state index in [1.54, 1.807) is 55.5 Å². The van der Waals surface area contributed by atoms with Crippen molar-refractivity contribution in [2.75, 3.05) is 11.1 Å². The Balaban J connectivity index is 1.59. The van der Waals surface area contributed by atoms with Crippen molar-refractivity contribution >= 4 is 23.4 Å². The number of amides is 2. The third kappa shape index (κ3) is 5.81. The summed E-state index contributed by atoms with van der Waals surface area (Å²) in [5.41, 5.74) is 8.59. The summed E-state index contributed by atoms with van der Waals surface area (Å²) in [5, 5.41) is 5.49. The first-order valence-corrected chi connectivity index (χ1v) is 10.2. The highest BCUT2D eigenvalue weighted by Crippen LogP contribution is 2.22. The van der Waals surface area contributed by atoms with Crippen LogP contribution >= 0.6 is 0 Å². The number of anilines is 2. The van der Waals surface area contributed by atoms with E-state index in [4.69, 9.17) is 10.5 Å². The van der Waals surface area contributed by atoms with Crippen LogP contribution in [0.25, 0.3) is 0 Å². The summed E-state index contributed by atoms with van der Waals surface area (Å²) in [4.78, 5) is 28.6. The minimum absolute atomic E-state index is 0.296. The maximum atomic E-state index is 13.4. The van der Waals surface area contributed by atoms with Crippen molar-refractivity contribution in [3.8, 4) is 0 Å². The molecule has 1 heterocycles. The molecule has 2 aromatic carbocycles. The number of rotatable bonds is 7. The van der Waals surface area contributed by atoms with Crippen LogP contribution in [0, 0.1) is 5.82 Å². The van der Waals surface area contributed by atoms with Gasteiger partial charge >= 0.3 is 6.09 Å². The highest BCUT2D eigenvalue weighted by Gasteiger charge is 2.18. The molecule has 4 N–H and O–H groups in total. The summed E-state index contributed by atoms with van der Waals surface area (Å²) in [6.45, 7) is 3.59. The number of nitrogen functional groups attached to an aromatic ring is 1. The number of carbonyl (C=O) groups excluding carboxylic acids is 2. The number of aromatic nitrogens is 1. The molecule has 3 aromatic rings. The van der Waals surface area contributed by atoms with E-state index < -0.39 is 24.1 Å². The Morgan fingerprint density at radius 1 is 1.09 bits per heavy atom. The molecule has 0 radical (unpaired) electrons. The van der Waals surface area contributed by atoms with Gasteiger partial charge in [-0.25, -0.2) is 9.18 Å². The third-order valence-electron chi connectivity index (χ3n) is 4.96. The monoisotopic (exact) mass is 436 g/mol. The molecule has 7 nitrogen and oxygen atoms in total. The number of nitrogens with one attached hydrogen (secondary N) is 2. The molecule has 0 bridgehead atoms. The minimum atomic E-state index is -0.630. The fraction of sp³-hybridized carbons (Fsp3) is 0.208. The highest BCUT2D eigenvalue weighted by molar-refractivity contribution is 6.05. The number of alkyl carbamates (subject to hydrolysis) is 1. The van der Waals surface area contributed by atoms with E-state index in [0.717, 1.165) is 11.8 Å². The Morgan fingerprint density at radius 3 is 2.47 bits per heavy atom. The Labute approximate surface area is 185 Å². The van der Waals surface area contributed by atoms with Gasteiger partial charge in [0.1, 0.15) is 11.9 Å². The van der Waals surface area contributed by atoms with E-state index in [2.05, 4.69) is 15.6 Å². The second-order valence-corrected chi connectivity index (χ2v) is 7.25. The molecule has 1 aromatic heterocycles. The van der Waals surface area contributed by atoms with Gasteiger partial charge in [0.05, 0.1) is 23.6 Å². The lowest BCUT2D eigenvalue weighted by molar-refractivity contribution is 0.101. The van der Waals surface area contributed by atoms with Gasteiger partial charge in [-0.15, -0.1) is 0 Å². The van der Waals surface area contributed by atoms with Gasteiger partial charge in [0, 0.05) is 11.8 Å². The van der Waals surface area contributed by atoms with Gasteiger partial charge in [-0.05, 0) is 54.8 Å². The van der Waals surface area contributed by atoms with Gasteiger partial charge in [0.25, 0.3) is 5.91 Å². The van der Waals surface area contributed by atoms with Crippen LogP contribution in [0.1, 0.15) is 53.9 Å². The van der Waals surface area contributed by atoms with Gasteiger partial charge in [0.15, 0.2) is 0 Å². The predicted octanol–water partition coefficient (Wildman–Crippen LogP) is 4.99. The highest BCUT2D eigenvalue weighted by atomic mass is 19.1. The van der Waals surface area contributed by atoms with E-state index >= 15 is 0 Å². The van der Waals surface area contributed by atoms with Crippen molar-refractivity contribution in [2.24, 2.45) is 0 Å². The fourth-order valence-corrected chi connectivity index (χ4v) is 3.16. The summed E-state index contributed by atoms with van der Waals surface area (Å²) in [5.74, 6) is -0.765. The molecule has 3 rings (SSSR count). The van der Waals surface area contributed by atoms with Crippen LogP contribution in [0.4, 0.5) is 20.6 Å². The number of halogens is 1. The van der Waals surface area contributed by atoms with E-state index in [1.165, 1.54) is 12.3 Å². The Kier molecular flexibility index (Phi) is 7.38. The maximum Gasteiger partial charge on any atom is 0.408 e. The lowest BCUT2D eigenvalue weighted by atomic mass is 10.1. The maximum absolute atomic E-state index is 13.4. The zero-order valence-electron chi connectivity index (χ0n) is 17.8. The fourth-order valence-electron chi connectivity index (χ4n) is 3.16. The normalized spacial score (nSPS) is 12.5. The molecule has 2 atom stereocenters. The number of para-hydroxylation sites is 2. The molecule has 2 amide bonds. The molecule has 0 aliphatic carbocycles. The van der Waals surface area contributed by atoms with Crippen molar-refractivity contribution in [3.05, 3.63) is 89.5 Å². The van der Waals surface area contributed by atoms with Crippen LogP contribution in [-0.4, -0.2) is 17.0 Å². The smallest absolute Gasteiger partial charge is 0.408 e. The zero-order chi connectivity index (χ0) is 23.1. The first-order valence-electron chi connectivity index (χ1n) is 10.2. The topological polar surface area (TPSA) is 106 Å². The predicted molar refractivity (Wildman–Crippen MR) is 121 cm³/mol. The van der Waals surface area contributed by atoms with Crippen molar-refractivity contribution in [2.45, 2.75) is 32.4 Å². The van der Waals surface area contributed by atoms with Gasteiger partial charge in [0.2, 0.25) is 0 Å². The Hall–Kier alpha value is -3.94. The summed E-state index contributed by atoms with van der Waals surface area (Å²) in [6, 6.07) is 14.6. The Morgan fingerprint density at radius 2 is 1.81 bits per heavy atom. The van der Waals surface area contributed by atoms with E-state index in [1.807, 2.05) is 6.92 Å². The molecule has 166 valence electrons. The second kappa shape index (κ2) is 10.4. The molecule has 32 heavy (non-hydrogen) atoms. The number of nitrogens with zero attached hydrogens (tertiary/aromatic N) is 1. The zero-order valence-corrected chi connectivity index (χ0v) is 17.8. The molecule has 0 saturated carbocycles. The van der Waals surface area contributed by atoms with Gasteiger partial charge in [-0.3, -0.25) is 9.78 Å². The van der Waals surface area contributed by atoms with Crippen LogP contribution in [0.5, 0.6) is 0 Å². The number of hydrogen-bond acceptors (Lipinski definition) is 5. The second-order valence-electron chi connectivity index (χ2n) is 7.25. The summed E-state index contributed by atoms with van der Waals surface area (Å²) >= 11 is 0. The van der Waals surface area contributed by atoms with Crippen molar-refractivity contribution in [3.63, 3.8) is 0 Å². The summed E-state index contributed by atoms with van der Waals surface area (Å²) in [7, 11) is 0. The van der Waals surface area contributed by atoms with E-state index in [-0.39, 0.29) is 5.91 Å². The first-order chi connectivity index (χ1) is 15.4. The molecule has 0 aliphatic rings. The molecular formula is C24H25FN4O3. The SMILES string of the molecule is CC[C@H](NC(=O)O[C@@H](C)c1ccc(C(=O)Nc2ccccc2N)cc1)c1cncc(F)c1. The molecule has 0 aliphatic heterocycles. The molecular weight excluding hydrogens is 411 g/mol. The molecule has 0 unspecified atom stereocenters. The number of benzene rings is 2. The molecule has 0 spiro atoms. The number of ether oxygens (including phenoxy) is 1. The molecule has 8 heteroatoms. The van der Waals surface area contributed by atoms with Gasteiger partial charge < -0.3 is 21.1 Å². The van der Waals surface area contributed by atoms with Crippen LogP contribution in [0.3, 0.4) is 0 Å². The average molecular weight is 436 g/mol. The molecule has 0 saturated heterocycles. The summed E-state index contributed by atoms with van der Waals surface area (Å²) < 4.78 is 18.9. The summed E-state index contributed by atoms with van der Waals surface area (Å²) in [6.07, 6.45) is 1.98. The number of hydrogen-bond donors (Lipinski definition) is 3. The minimum Gasteiger partial charge on any atom is -0.442 e. The van der Waals surface area contributed by atoms with Crippen LogP contribution in [-0.2, 0) is 4.74 Å². The van der Waals surface area contributed by atoms with Gasteiger partial charge in [-0.2, -0.15) is 0 Å². The quantitative estimate of drug-likeness (QED) is 0.452. The van der Waals surface area contributed by atoms with E-state index in [0.29, 0.717) is 28.9 Å². The lowest BCUT2D eigenvalue weighted by Gasteiger charge is -2.20. The number of nitrogens with two attached hydrogens (primary N) is 1. The first kappa shape index (κ1) is 22.7. The van der Waals surface area contributed by atoms with Crippen LogP contribution in [0.2, 0.25) is 0 Å². The Bertz CT molecular complexity index is 1090. The van der Waals surface area contributed by atoms with Crippen LogP contribution in [0.15, 0.2) is 67.0 Å². The lowest BCUT2D eigenvalue weighted by Crippen LogP contribution is -2.29. The number of pyridine rings is 1.